The van der Waals surface area contributed by atoms with Crippen molar-refractivity contribution in [1.29, 1.82) is 0 Å². The highest BCUT2D eigenvalue weighted by atomic mass is 79.9. The summed E-state index contributed by atoms with van der Waals surface area (Å²) >= 11 is 3.40. The van der Waals surface area contributed by atoms with Gasteiger partial charge in [0.05, 0.1) is 0 Å². The summed E-state index contributed by atoms with van der Waals surface area (Å²) in [5.74, 6) is 1.42. The number of aromatic hydroxyl groups is 1. The van der Waals surface area contributed by atoms with Crippen molar-refractivity contribution in [3.05, 3.63) is 69.3 Å². The van der Waals surface area contributed by atoms with Gasteiger partial charge in [0.15, 0.2) is 0 Å². The van der Waals surface area contributed by atoms with Crippen molar-refractivity contribution in [2.75, 3.05) is 19.6 Å². The zero-order valence-electron chi connectivity index (χ0n) is 19.9. The van der Waals surface area contributed by atoms with Crippen molar-refractivity contribution in [3.63, 3.8) is 0 Å². The number of hydrogen-bond donors (Lipinski definition) is 3. The van der Waals surface area contributed by atoms with Crippen molar-refractivity contribution < 1.29 is 14.6 Å². The Morgan fingerprint density at radius 1 is 1.26 bits per heavy atom. The molecule has 0 bridgehead atoms. The molecule has 2 atom stereocenters. The van der Waals surface area contributed by atoms with Gasteiger partial charge in [-0.15, -0.1) is 0 Å². The molecule has 2 heterocycles. The topological polar surface area (TPSA) is 87.8 Å². The van der Waals surface area contributed by atoms with Crippen molar-refractivity contribution in [3.8, 4) is 5.75 Å². The second-order valence-corrected chi connectivity index (χ2v) is 10.4. The van der Waals surface area contributed by atoms with Gasteiger partial charge in [0.1, 0.15) is 17.6 Å². The fourth-order valence-corrected chi connectivity index (χ4v) is 5.22. The quantitative estimate of drug-likeness (QED) is 0.511. The summed E-state index contributed by atoms with van der Waals surface area (Å²) in [7, 11) is 0. The van der Waals surface area contributed by atoms with Crippen LogP contribution in [0.2, 0.25) is 0 Å². The number of amides is 1. The van der Waals surface area contributed by atoms with Gasteiger partial charge in [-0.2, -0.15) is 0 Å². The third-order valence-corrected chi connectivity index (χ3v) is 7.63. The molecule has 1 amide bonds. The van der Waals surface area contributed by atoms with Gasteiger partial charge in [-0.1, -0.05) is 28.1 Å². The number of nitrogens with two attached hydrogens (primary N) is 1. The minimum atomic E-state index is -0.0318. The second-order valence-electron chi connectivity index (χ2n) is 9.50. The normalized spacial score (nSPS) is 21.0. The van der Waals surface area contributed by atoms with E-state index in [1.165, 1.54) is 6.20 Å². The number of phenols is 1. The van der Waals surface area contributed by atoms with Crippen LogP contribution >= 0.6 is 15.9 Å². The molecule has 0 aliphatic carbocycles. The Morgan fingerprint density at radius 3 is 2.65 bits per heavy atom. The van der Waals surface area contributed by atoms with Crippen molar-refractivity contribution in [2.45, 2.75) is 51.7 Å². The molecule has 0 radical (unpaired) electrons. The zero-order chi connectivity index (χ0) is 24.2. The number of carbonyl (C=O) groups is 1. The van der Waals surface area contributed by atoms with E-state index >= 15 is 0 Å². The number of carbonyl (C=O) groups excluding carboxylic acids is 1. The van der Waals surface area contributed by atoms with Crippen LogP contribution in [0.15, 0.2) is 47.1 Å². The maximum atomic E-state index is 12.4. The molecule has 4 N–H and O–H groups in total. The molecule has 0 spiro atoms. The number of aryl methyl sites for hydroxylation is 1. The maximum Gasteiger partial charge on any atom is 0.251 e. The number of nitrogens with zero attached hydrogens (tertiary/aromatic N) is 1. The molecule has 7 heteroatoms. The van der Waals surface area contributed by atoms with Crippen LogP contribution < -0.4 is 11.1 Å². The van der Waals surface area contributed by atoms with Gasteiger partial charge in [-0.3, -0.25) is 4.79 Å². The van der Waals surface area contributed by atoms with Crippen molar-refractivity contribution in [2.24, 2.45) is 11.7 Å². The average molecular weight is 528 g/mol. The summed E-state index contributed by atoms with van der Waals surface area (Å²) in [6, 6.07) is 11.4. The van der Waals surface area contributed by atoms with Crippen LogP contribution in [0.1, 0.15) is 53.2 Å². The molecular weight excluding hydrogens is 494 g/mol. The Kier molecular flexibility index (Phi) is 7.84. The van der Waals surface area contributed by atoms with E-state index in [1.54, 1.807) is 0 Å². The predicted octanol–water partition coefficient (Wildman–Crippen LogP) is 4.58. The molecule has 1 fully saturated rings. The first kappa shape index (κ1) is 24.6. The number of halogens is 1. The molecule has 2 aliphatic heterocycles. The predicted molar refractivity (Wildman–Crippen MR) is 138 cm³/mol. The number of fused-ring (bicyclic) bond motifs is 1. The van der Waals surface area contributed by atoms with E-state index in [-0.39, 0.29) is 18.1 Å². The lowest BCUT2D eigenvalue weighted by Gasteiger charge is -2.39. The number of ether oxygens (including phenoxy) is 1. The van der Waals surface area contributed by atoms with Crippen LogP contribution in [0.25, 0.3) is 5.76 Å². The molecule has 0 saturated carbocycles. The zero-order valence-corrected chi connectivity index (χ0v) is 21.5. The van der Waals surface area contributed by atoms with Crippen LogP contribution in [0.3, 0.4) is 0 Å². The summed E-state index contributed by atoms with van der Waals surface area (Å²) in [4.78, 5) is 14.9. The summed E-state index contributed by atoms with van der Waals surface area (Å²) in [6.07, 6.45) is 5.26. The summed E-state index contributed by atoms with van der Waals surface area (Å²) in [6.45, 7) is 6.95. The summed E-state index contributed by atoms with van der Waals surface area (Å²) in [5.41, 5.74) is 9.27. The number of rotatable bonds is 6. The van der Waals surface area contributed by atoms with E-state index in [9.17, 15) is 9.90 Å². The van der Waals surface area contributed by atoms with E-state index in [4.69, 9.17) is 10.5 Å². The van der Waals surface area contributed by atoms with Crippen LogP contribution in [-0.2, 0) is 11.2 Å². The van der Waals surface area contributed by atoms with Crippen molar-refractivity contribution in [1.82, 2.24) is 10.2 Å². The number of hydrogen-bond acceptors (Lipinski definition) is 5. The first-order chi connectivity index (χ1) is 16.4. The Bertz CT molecular complexity index is 1050. The third kappa shape index (κ3) is 5.58. The molecule has 182 valence electrons. The average Bonchev–Trinajstić information content (AvgIpc) is 2.85. The van der Waals surface area contributed by atoms with Gasteiger partial charge in [-0.25, -0.2) is 0 Å². The minimum absolute atomic E-state index is 0.0290. The largest absolute Gasteiger partial charge is 0.507 e. The number of benzene rings is 2. The third-order valence-electron chi connectivity index (χ3n) is 7.11. The molecule has 2 aliphatic rings. The van der Waals surface area contributed by atoms with E-state index in [1.807, 2.05) is 43.3 Å². The Balaban J connectivity index is 1.26. The number of piperidine rings is 1. The minimum Gasteiger partial charge on any atom is -0.507 e. The molecule has 6 nitrogen and oxygen atoms in total. The van der Waals surface area contributed by atoms with Gasteiger partial charge in [-0.05, 0) is 81.9 Å². The molecule has 2 aromatic carbocycles. The monoisotopic (exact) mass is 527 g/mol. The molecule has 1 saturated heterocycles. The highest BCUT2D eigenvalue weighted by Gasteiger charge is 2.34. The molecular formula is C27H34BrN3O3. The van der Waals surface area contributed by atoms with Crippen LogP contribution in [-0.4, -0.2) is 47.7 Å². The lowest BCUT2D eigenvalue weighted by Crippen LogP contribution is -2.42. The SMILES string of the molecule is Cc1ccc2c(c1O)C[C@@H](C1CCN(CCC(C)NC(=O)c3ccc(Br)cc3)CC1)O/C2=C\N. The second kappa shape index (κ2) is 10.8. The molecule has 1 unspecified atom stereocenters. The lowest BCUT2D eigenvalue weighted by molar-refractivity contribution is 0.0514. The van der Waals surface area contributed by atoms with E-state index < -0.39 is 0 Å². The molecule has 2 aromatic rings. The van der Waals surface area contributed by atoms with Gasteiger partial charge in [0.25, 0.3) is 5.91 Å². The highest BCUT2D eigenvalue weighted by Crippen LogP contribution is 2.39. The number of nitrogens with one attached hydrogen (secondary N) is 1. The number of likely N-dealkylation sites (tertiary alicyclic amines) is 1. The Labute approximate surface area is 210 Å². The fraction of sp³-hybridized carbons (Fsp3) is 0.444. The lowest BCUT2D eigenvalue weighted by atomic mass is 9.84. The molecule has 0 aromatic heterocycles. The molecule has 34 heavy (non-hydrogen) atoms. The van der Waals surface area contributed by atoms with Gasteiger partial charge < -0.3 is 25.8 Å². The van der Waals surface area contributed by atoms with Gasteiger partial charge >= 0.3 is 0 Å². The van der Waals surface area contributed by atoms with E-state index in [0.29, 0.717) is 29.4 Å². The molecule has 4 rings (SSSR count). The van der Waals surface area contributed by atoms with Gasteiger partial charge in [0, 0.05) is 46.4 Å². The first-order valence-electron chi connectivity index (χ1n) is 12.0. The fourth-order valence-electron chi connectivity index (χ4n) is 4.96. The van der Waals surface area contributed by atoms with Crippen LogP contribution in [0, 0.1) is 12.8 Å². The van der Waals surface area contributed by atoms with Gasteiger partial charge in [0.2, 0.25) is 0 Å². The number of phenolic OH excluding ortho intramolecular Hbond substituents is 1. The summed E-state index contributed by atoms with van der Waals surface area (Å²) in [5, 5.41) is 13.7. The smallest absolute Gasteiger partial charge is 0.251 e. The van der Waals surface area contributed by atoms with Crippen LogP contribution in [0.5, 0.6) is 5.75 Å². The first-order valence-corrected chi connectivity index (χ1v) is 12.8. The highest BCUT2D eigenvalue weighted by molar-refractivity contribution is 9.10. The maximum absolute atomic E-state index is 12.4. The Hall–Kier alpha value is -2.51. The van der Waals surface area contributed by atoms with E-state index in [0.717, 1.165) is 60.1 Å². The van der Waals surface area contributed by atoms with E-state index in [2.05, 4.69) is 33.1 Å². The van der Waals surface area contributed by atoms with Crippen LogP contribution in [0.4, 0.5) is 0 Å². The summed E-state index contributed by atoms with van der Waals surface area (Å²) < 4.78 is 7.24. The van der Waals surface area contributed by atoms with Crippen molar-refractivity contribution >= 4 is 27.6 Å². The Morgan fingerprint density at radius 2 is 1.97 bits per heavy atom. The standard InChI is InChI=1S/C27H34BrN3O3/c1-17-3-8-22-23(26(17)32)15-24(34-25(22)16-29)19-10-13-31(14-11-19)12-9-18(2)30-27(33)20-4-6-21(28)7-5-20/h3-8,16,18-19,24,32H,9-15,29H2,1-2H3,(H,30,33)/b25-16-/t18?,24-/m0/s1.